The number of esters is 1. The minimum atomic E-state index is -0.631. The molecule has 0 saturated heterocycles. The third-order valence-electron chi connectivity index (χ3n) is 3.35. The second kappa shape index (κ2) is 6.84. The first kappa shape index (κ1) is 16.8. The van der Waals surface area contributed by atoms with E-state index in [1.54, 1.807) is 18.3 Å². The second-order valence-electron chi connectivity index (χ2n) is 4.79. The van der Waals surface area contributed by atoms with Gasteiger partial charge in [-0.25, -0.2) is 14.8 Å². The lowest BCUT2D eigenvalue weighted by atomic mass is 10.2. The minimum absolute atomic E-state index is 0.0678. The van der Waals surface area contributed by atoms with Gasteiger partial charge in [-0.05, 0) is 18.2 Å². The van der Waals surface area contributed by atoms with Gasteiger partial charge >= 0.3 is 5.97 Å². The summed E-state index contributed by atoms with van der Waals surface area (Å²) >= 11 is 16.8. The van der Waals surface area contributed by atoms with E-state index in [9.17, 15) is 4.79 Å². The van der Waals surface area contributed by atoms with Crippen LogP contribution in [0.25, 0.3) is 10.9 Å². The standard InChI is InChI=1S/C16H11Cl2N3O2S/c1-23-15(22)13-10(17)6-7-12(14(13)18)21(24)16-19-8-9-4-2-3-5-11(9)20-16/h2-8,24H,1H3. The Labute approximate surface area is 153 Å². The number of fused-ring (bicyclic) bond motifs is 1. The van der Waals surface area contributed by atoms with Gasteiger partial charge in [-0.3, -0.25) is 4.31 Å². The van der Waals surface area contributed by atoms with Crippen molar-refractivity contribution in [1.82, 2.24) is 9.97 Å². The van der Waals surface area contributed by atoms with Crippen LogP contribution < -0.4 is 4.31 Å². The Balaban J connectivity index is 2.08. The molecule has 0 fully saturated rings. The fourth-order valence-corrected chi connectivity index (χ4v) is 3.10. The second-order valence-corrected chi connectivity index (χ2v) is 5.97. The number of rotatable bonds is 3. The highest BCUT2D eigenvalue weighted by Gasteiger charge is 2.22. The largest absolute Gasteiger partial charge is 0.465 e. The maximum absolute atomic E-state index is 11.9. The molecule has 24 heavy (non-hydrogen) atoms. The minimum Gasteiger partial charge on any atom is -0.465 e. The molecule has 3 aromatic rings. The van der Waals surface area contributed by atoms with E-state index in [2.05, 4.69) is 22.8 Å². The molecule has 0 spiro atoms. The lowest BCUT2D eigenvalue weighted by Gasteiger charge is -2.19. The van der Waals surface area contributed by atoms with Crippen LogP contribution in [0.3, 0.4) is 0 Å². The number of aromatic nitrogens is 2. The third kappa shape index (κ3) is 3.00. The van der Waals surface area contributed by atoms with Gasteiger partial charge in [0, 0.05) is 11.6 Å². The fraction of sp³-hybridized carbons (Fsp3) is 0.0625. The third-order valence-corrected chi connectivity index (χ3v) is 4.45. The molecule has 0 radical (unpaired) electrons. The van der Waals surface area contributed by atoms with Gasteiger partial charge in [0.1, 0.15) is 0 Å². The summed E-state index contributed by atoms with van der Waals surface area (Å²) in [5.74, 6) is -0.315. The number of methoxy groups -OCH3 is 1. The lowest BCUT2D eigenvalue weighted by molar-refractivity contribution is 0.0601. The first-order valence-corrected chi connectivity index (χ1v) is 7.95. The van der Waals surface area contributed by atoms with Gasteiger partial charge in [0.05, 0.1) is 33.9 Å². The smallest absolute Gasteiger partial charge is 0.340 e. The molecule has 0 amide bonds. The van der Waals surface area contributed by atoms with Gasteiger partial charge in [0.15, 0.2) is 0 Å². The SMILES string of the molecule is COC(=O)c1c(Cl)ccc(N(S)c2ncc3ccccc3n2)c1Cl. The van der Waals surface area contributed by atoms with E-state index in [1.165, 1.54) is 11.4 Å². The number of carbonyl (C=O) groups excluding carboxylic acids is 1. The molecule has 0 unspecified atom stereocenters. The van der Waals surface area contributed by atoms with E-state index in [1.807, 2.05) is 24.3 Å². The van der Waals surface area contributed by atoms with Gasteiger partial charge in [-0.2, -0.15) is 0 Å². The molecule has 0 N–H and O–H groups in total. The maximum atomic E-state index is 11.9. The predicted molar refractivity (Wildman–Crippen MR) is 98.5 cm³/mol. The molecule has 0 aliphatic heterocycles. The van der Waals surface area contributed by atoms with E-state index in [0.29, 0.717) is 11.6 Å². The monoisotopic (exact) mass is 379 g/mol. The highest BCUT2D eigenvalue weighted by atomic mass is 35.5. The Kier molecular flexibility index (Phi) is 4.80. The molecular weight excluding hydrogens is 369 g/mol. The molecule has 0 aliphatic rings. The average molecular weight is 380 g/mol. The molecule has 0 aliphatic carbocycles. The van der Waals surface area contributed by atoms with Gasteiger partial charge < -0.3 is 4.74 Å². The quantitative estimate of drug-likeness (QED) is 0.527. The predicted octanol–water partition coefficient (Wildman–Crippen LogP) is 4.71. The molecule has 2 aromatic carbocycles. The molecule has 0 saturated carbocycles. The van der Waals surface area contributed by atoms with Crippen LogP contribution in [-0.2, 0) is 4.74 Å². The van der Waals surface area contributed by atoms with Crippen molar-refractivity contribution in [3.8, 4) is 0 Å². The Bertz CT molecular complexity index is 936. The van der Waals surface area contributed by atoms with Gasteiger partial charge in [0.2, 0.25) is 5.95 Å². The van der Waals surface area contributed by atoms with Crippen LogP contribution in [0.5, 0.6) is 0 Å². The first-order chi connectivity index (χ1) is 11.5. The first-order valence-electron chi connectivity index (χ1n) is 6.80. The summed E-state index contributed by atoms with van der Waals surface area (Å²) in [5.41, 5.74) is 1.25. The Hall–Kier alpha value is -2.02. The van der Waals surface area contributed by atoms with Crippen LogP contribution in [0, 0.1) is 0 Å². The van der Waals surface area contributed by atoms with Gasteiger partial charge in [-0.1, -0.05) is 54.2 Å². The van der Waals surface area contributed by atoms with Crippen LogP contribution in [-0.4, -0.2) is 23.0 Å². The number of anilines is 2. The summed E-state index contributed by atoms with van der Waals surface area (Å²) in [7, 11) is 1.26. The summed E-state index contributed by atoms with van der Waals surface area (Å²) in [6, 6.07) is 10.7. The van der Waals surface area contributed by atoms with Crippen molar-refractivity contribution in [3.63, 3.8) is 0 Å². The maximum Gasteiger partial charge on any atom is 0.340 e. The Morgan fingerprint density at radius 3 is 2.71 bits per heavy atom. The van der Waals surface area contributed by atoms with Crippen molar-refractivity contribution >= 4 is 64.5 Å². The molecular formula is C16H11Cl2N3O2S. The summed E-state index contributed by atoms with van der Waals surface area (Å²) in [5, 5.41) is 1.21. The van der Waals surface area contributed by atoms with E-state index < -0.39 is 5.97 Å². The molecule has 0 bridgehead atoms. The Morgan fingerprint density at radius 1 is 1.21 bits per heavy atom. The molecule has 1 aromatic heterocycles. The number of halogens is 2. The normalized spacial score (nSPS) is 10.7. The zero-order chi connectivity index (χ0) is 17.3. The van der Waals surface area contributed by atoms with Crippen LogP contribution in [0.15, 0.2) is 42.6 Å². The number of thiol groups is 1. The van der Waals surface area contributed by atoms with Crippen molar-refractivity contribution < 1.29 is 9.53 Å². The van der Waals surface area contributed by atoms with Crippen molar-refractivity contribution in [2.75, 3.05) is 11.4 Å². The topological polar surface area (TPSA) is 55.3 Å². The summed E-state index contributed by atoms with van der Waals surface area (Å²) in [4.78, 5) is 20.6. The molecule has 3 rings (SSSR count). The van der Waals surface area contributed by atoms with Crippen LogP contribution in [0.4, 0.5) is 11.6 Å². The molecule has 122 valence electrons. The highest BCUT2D eigenvalue weighted by molar-refractivity contribution is 7.82. The summed E-state index contributed by atoms with van der Waals surface area (Å²) < 4.78 is 6.10. The van der Waals surface area contributed by atoms with E-state index >= 15 is 0 Å². The number of carbonyl (C=O) groups is 1. The van der Waals surface area contributed by atoms with Crippen molar-refractivity contribution in [2.24, 2.45) is 0 Å². The van der Waals surface area contributed by atoms with E-state index in [0.717, 1.165) is 10.9 Å². The average Bonchev–Trinajstić information content (AvgIpc) is 2.60. The number of para-hydroxylation sites is 1. The summed E-state index contributed by atoms with van der Waals surface area (Å²) in [6.07, 6.45) is 1.69. The van der Waals surface area contributed by atoms with Crippen LogP contribution in [0.2, 0.25) is 10.0 Å². The lowest BCUT2D eigenvalue weighted by Crippen LogP contribution is -2.10. The molecule has 5 nitrogen and oxygen atoms in total. The highest BCUT2D eigenvalue weighted by Crippen LogP contribution is 2.37. The van der Waals surface area contributed by atoms with E-state index in [4.69, 9.17) is 27.9 Å². The number of hydrogen-bond acceptors (Lipinski definition) is 6. The van der Waals surface area contributed by atoms with Crippen LogP contribution >= 0.6 is 36.0 Å². The van der Waals surface area contributed by atoms with Gasteiger partial charge in [0.25, 0.3) is 0 Å². The zero-order valence-electron chi connectivity index (χ0n) is 12.4. The van der Waals surface area contributed by atoms with Crippen molar-refractivity contribution in [3.05, 3.63) is 58.2 Å². The number of hydrogen-bond donors (Lipinski definition) is 1. The molecule has 1 heterocycles. The molecule has 8 heteroatoms. The summed E-state index contributed by atoms with van der Waals surface area (Å²) in [6.45, 7) is 0. The van der Waals surface area contributed by atoms with Crippen molar-refractivity contribution in [1.29, 1.82) is 0 Å². The van der Waals surface area contributed by atoms with Crippen LogP contribution in [0.1, 0.15) is 10.4 Å². The number of ether oxygens (including phenoxy) is 1. The fourth-order valence-electron chi connectivity index (χ4n) is 2.17. The zero-order valence-corrected chi connectivity index (χ0v) is 14.8. The van der Waals surface area contributed by atoms with E-state index in [-0.39, 0.29) is 15.6 Å². The number of benzene rings is 2. The molecule has 0 atom stereocenters. The van der Waals surface area contributed by atoms with Gasteiger partial charge in [-0.15, -0.1) is 0 Å². The Morgan fingerprint density at radius 2 is 1.96 bits per heavy atom. The number of nitrogens with zero attached hydrogens (tertiary/aromatic N) is 3. The van der Waals surface area contributed by atoms with Crippen molar-refractivity contribution in [2.45, 2.75) is 0 Å².